The van der Waals surface area contributed by atoms with Crippen LogP contribution in [0.3, 0.4) is 0 Å². The second-order valence-electron chi connectivity index (χ2n) is 4.96. The summed E-state index contributed by atoms with van der Waals surface area (Å²) in [5, 5.41) is 8.02. The number of hydrogen-bond donors (Lipinski definition) is 3. The monoisotopic (exact) mass is 364 g/mol. The molecule has 0 aliphatic heterocycles. The number of anilines is 1. The van der Waals surface area contributed by atoms with E-state index < -0.39 is 15.9 Å². The molecule has 0 aliphatic rings. The minimum atomic E-state index is -3.98. The van der Waals surface area contributed by atoms with Crippen LogP contribution in [0.25, 0.3) is 10.2 Å². The number of amides is 1. The van der Waals surface area contributed by atoms with Gasteiger partial charge >= 0.3 is 0 Å². The molecular weight excluding hydrogens is 352 g/mol. The molecule has 0 saturated carbocycles. The van der Waals surface area contributed by atoms with Crippen molar-refractivity contribution in [3.05, 3.63) is 51.4 Å². The van der Waals surface area contributed by atoms with Crippen LogP contribution in [0.15, 0.2) is 40.3 Å². The Balaban J connectivity index is 2.05. The van der Waals surface area contributed by atoms with Crippen molar-refractivity contribution in [3.63, 3.8) is 0 Å². The molecule has 3 rings (SSSR count). The Morgan fingerprint density at radius 1 is 1.33 bits per heavy atom. The summed E-state index contributed by atoms with van der Waals surface area (Å²) in [6.45, 7) is 1.64. The average molecular weight is 364 g/mol. The van der Waals surface area contributed by atoms with Crippen LogP contribution in [0, 0.1) is 6.92 Å². The van der Waals surface area contributed by atoms with Crippen LogP contribution in [-0.4, -0.2) is 24.3 Å². The van der Waals surface area contributed by atoms with Gasteiger partial charge in [-0.15, -0.1) is 11.3 Å². The highest BCUT2D eigenvalue weighted by atomic mass is 32.2. The third-order valence-corrected chi connectivity index (χ3v) is 5.55. The molecule has 1 amide bonds. The van der Waals surface area contributed by atoms with Crippen LogP contribution in [0.4, 0.5) is 5.69 Å². The maximum absolute atomic E-state index is 12.5. The molecule has 0 radical (unpaired) electrons. The Hall–Kier alpha value is -2.56. The first kappa shape index (κ1) is 16.3. The number of rotatable bonds is 3. The summed E-state index contributed by atoms with van der Waals surface area (Å²) < 4.78 is 23.2. The van der Waals surface area contributed by atoms with Crippen molar-refractivity contribution < 1.29 is 13.2 Å². The third kappa shape index (κ3) is 2.82. The Bertz CT molecular complexity index is 1120. The van der Waals surface area contributed by atoms with Gasteiger partial charge in [0.05, 0.1) is 22.3 Å². The van der Waals surface area contributed by atoms with Gasteiger partial charge in [0, 0.05) is 0 Å². The minimum absolute atomic E-state index is 0.0729. The lowest BCUT2D eigenvalue weighted by Gasteiger charge is -2.08. The molecule has 3 aromatic rings. The van der Waals surface area contributed by atoms with Crippen LogP contribution in [0.2, 0.25) is 0 Å². The van der Waals surface area contributed by atoms with Gasteiger partial charge in [-0.25, -0.2) is 18.5 Å². The predicted molar refractivity (Wildman–Crippen MR) is 90.7 cm³/mol. The van der Waals surface area contributed by atoms with E-state index in [-0.39, 0.29) is 21.0 Å². The van der Waals surface area contributed by atoms with Crippen molar-refractivity contribution in [1.29, 1.82) is 0 Å². The lowest BCUT2D eigenvalue weighted by Crippen LogP contribution is -2.18. The summed E-state index contributed by atoms with van der Waals surface area (Å²) in [6, 6.07) is 5.82. The number of H-pyrrole nitrogens is 1. The van der Waals surface area contributed by atoms with Crippen molar-refractivity contribution in [2.24, 2.45) is 5.14 Å². The van der Waals surface area contributed by atoms with E-state index in [2.05, 4.69) is 15.3 Å². The second-order valence-corrected chi connectivity index (χ2v) is 7.49. The lowest BCUT2D eigenvalue weighted by molar-refractivity contribution is 0.103. The van der Waals surface area contributed by atoms with Crippen LogP contribution in [0.5, 0.6) is 0 Å². The number of para-hydroxylation sites is 1. The number of aryl methyl sites for hydroxylation is 1. The van der Waals surface area contributed by atoms with Crippen molar-refractivity contribution in [3.8, 4) is 0 Å². The number of thiophene rings is 1. The molecule has 2 heterocycles. The highest BCUT2D eigenvalue weighted by molar-refractivity contribution is 7.89. The van der Waals surface area contributed by atoms with Crippen molar-refractivity contribution in [2.45, 2.75) is 11.8 Å². The van der Waals surface area contributed by atoms with Crippen molar-refractivity contribution in [1.82, 2.24) is 9.97 Å². The van der Waals surface area contributed by atoms with Crippen LogP contribution >= 0.6 is 11.3 Å². The average Bonchev–Trinajstić information content (AvgIpc) is 2.85. The van der Waals surface area contributed by atoms with Crippen LogP contribution < -0.4 is 16.0 Å². The highest BCUT2D eigenvalue weighted by Gasteiger charge is 2.21. The van der Waals surface area contributed by atoms with Gasteiger partial charge in [-0.3, -0.25) is 9.59 Å². The number of primary sulfonamides is 1. The molecular formula is C14H12N4O4S2. The third-order valence-electron chi connectivity index (χ3n) is 3.38. The quantitative estimate of drug-likeness (QED) is 0.641. The first-order chi connectivity index (χ1) is 11.3. The molecule has 1 aromatic carbocycles. The van der Waals surface area contributed by atoms with Crippen molar-refractivity contribution >= 4 is 43.2 Å². The number of nitrogens with zero attached hydrogens (tertiary/aromatic N) is 1. The van der Waals surface area contributed by atoms with Crippen LogP contribution in [-0.2, 0) is 10.0 Å². The van der Waals surface area contributed by atoms with E-state index in [0.29, 0.717) is 15.8 Å². The molecule has 124 valence electrons. The first-order valence-electron chi connectivity index (χ1n) is 6.69. The number of sulfonamides is 1. The molecule has 2 aromatic heterocycles. The number of aromatic nitrogens is 2. The van der Waals surface area contributed by atoms with Crippen molar-refractivity contribution in [2.75, 3.05) is 5.32 Å². The summed E-state index contributed by atoms with van der Waals surface area (Å²) in [7, 11) is -3.98. The molecule has 0 saturated heterocycles. The topological polar surface area (TPSA) is 135 Å². The van der Waals surface area contributed by atoms with E-state index >= 15 is 0 Å². The van der Waals surface area contributed by atoms with Gasteiger partial charge in [0.15, 0.2) is 0 Å². The molecule has 10 heteroatoms. The molecule has 0 unspecified atom stereocenters. The molecule has 0 spiro atoms. The summed E-state index contributed by atoms with van der Waals surface area (Å²) in [4.78, 5) is 31.4. The first-order valence-corrected chi connectivity index (χ1v) is 9.05. The van der Waals surface area contributed by atoms with Gasteiger partial charge in [0.25, 0.3) is 11.5 Å². The maximum atomic E-state index is 12.5. The highest BCUT2D eigenvalue weighted by Crippen LogP contribution is 2.28. The number of hydrogen-bond acceptors (Lipinski definition) is 6. The predicted octanol–water partition coefficient (Wildman–Crippen LogP) is 1.19. The summed E-state index contributed by atoms with van der Waals surface area (Å²) in [6.07, 6.45) is 1.26. The smallest absolute Gasteiger partial charge is 0.266 e. The molecule has 24 heavy (non-hydrogen) atoms. The van der Waals surface area contributed by atoms with E-state index in [9.17, 15) is 18.0 Å². The van der Waals surface area contributed by atoms with E-state index in [0.717, 1.165) is 11.3 Å². The van der Waals surface area contributed by atoms with Gasteiger partial charge in [-0.1, -0.05) is 12.1 Å². The van der Waals surface area contributed by atoms with Gasteiger partial charge in [-0.2, -0.15) is 0 Å². The van der Waals surface area contributed by atoms with Gasteiger partial charge < -0.3 is 10.3 Å². The van der Waals surface area contributed by atoms with Gasteiger partial charge in [-0.05, 0) is 24.6 Å². The number of benzene rings is 1. The minimum Gasteiger partial charge on any atom is -0.320 e. The fourth-order valence-electron chi connectivity index (χ4n) is 2.29. The fourth-order valence-corrected chi connectivity index (χ4v) is 4.03. The Kier molecular flexibility index (Phi) is 3.95. The SMILES string of the molecule is Cc1c(C(=O)Nc2ccccc2S(N)(=O)=O)sc2nc[nH]c(=O)c12. The number of fused-ring (bicyclic) bond motifs is 1. The van der Waals surface area contributed by atoms with Gasteiger partial charge in [0.2, 0.25) is 10.0 Å². The number of carbonyl (C=O) groups excluding carboxylic acids is 1. The number of carbonyl (C=O) groups is 1. The maximum Gasteiger partial charge on any atom is 0.266 e. The summed E-state index contributed by atoms with van der Waals surface area (Å²) in [5.41, 5.74) is 0.219. The lowest BCUT2D eigenvalue weighted by atomic mass is 10.2. The second kappa shape index (κ2) is 5.82. The molecule has 0 atom stereocenters. The number of aromatic amines is 1. The van der Waals surface area contributed by atoms with E-state index in [1.807, 2.05) is 0 Å². The zero-order chi connectivity index (χ0) is 17.5. The van der Waals surface area contributed by atoms with E-state index in [4.69, 9.17) is 5.14 Å². The Morgan fingerprint density at radius 2 is 2.04 bits per heavy atom. The number of nitrogens with two attached hydrogens (primary N) is 1. The van der Waals surface area contributed by atoms with Gasteiger partial charge in [0.1, 0.15) is 9.73 Å². The zero-order valence-corrected chi connectivity index (χ0v) is 14.0. The standard InChI is InChI=1S/C14H12N4O4S2/c1-7-10-12(19)16-6-17-14(10)23-11(7)13(20)18-8-4-2-3-5-9(8)24(15,21)22/h2-6H,1H3,(H,18,20)(H2,15,21,22)(H,16,17,19). The Labute approximate surface area is 140 Å². The normalized spacial score (nSPS) is 11.6. The molecule has 0 aliphatic carbocycles. The van der Waals surface area contributed by atoms with E-state index in [1.54, 1.807) is 13.0 Å². The Morgan fingerprint density at radius 3 is 2.71 bits per heavy atom. The molecule has 4 N–H and O–H groups in total. The number of nitrogens with one attached hydrogen (secondary N) is 2. The summed E-state index contributed by atoms with van der Waals surface area (Å²) in [5.74, 6) is -0.536. The molecule has 0 bridgehead atoms. The van der Waals surface area contributed by atoms with E-state index in [1.165, 1.54) is 24.5 Å². The fraction of sp³-hybridized carbons (Fsp3) is 0.0714. The molecule has 0 fully saturated rings. The molecule has 8 nitrogen and oxygen atoms in total. The van der Waals surface area contributed by atoms with Crippen LogP contribution in [0.1, 0.15) is 15.2 Å². The zero-order valence-electron chi connectivity index (χ0n) is 12.4. The summed E-state index contributed by atoms with van der Waals surface area (Å²) >= 11 is 1.05. The largest absolute Gasteiger partial charge is 0.320 e.